The monoisotopic (exact) mass is 288 g/mol. The molecule has 0 aliphatic carbocycles. The lowest BCUT2D eigenvalue weighted by molar-refractivity contribution is 0.0940. The number of rotatable bonds is 6. The van der Waals surface area contributed by atoms with E-state index >= 15 is 0 Å². The molecule has 0 spiro atoms. The molecule has 5 nitrogen and oxygen atoms in total. The number of methoxy groups -OCH3 is 1. The SMILES string of the molecule is COc1nc(C(=O)NCC(C)CCO)cc2ccccc12. The largest absolute Gasteiger partial charge is 0.481 e. The van der Waals surface area contributed by atoms with Crippen LogP contribution >= 0.6 is 0 Å². The van der Waals surface area contributed by atoms with Crippen molar-refractivity contribution in [2.45, 2.75) is 13.3 Å². The zero-order valence-electron chi connectivity index (χ0n) is 12.3. The Morgan fingerprint density at radius 3 is 2.90 bits per heavy atom. The van der Waals surface area contributed by atoms with Gasteiger partial charge in [0.25, 0.3) is 5.91 Å². The molecule has 5 heteroatoms. The van der Waals surface area contributed by atoms with Crippen LogP contribution in [0.25, 0.3) is 10.8 Å². The van der Waals surface area contributed by atoms with Crippen LogP contribution in [0.15, 0.2) is 30.3 Å². The molecule has 0 saturated carbocycles. The molecule has 21 heavy (non-hydrogen) atoms. The first-order valence-corrected chi connectivity index (χ1v) is 6.98. The third-order valence-corrected chi connectivity index (χ3v) is 3.36. The number of hydrogen-bond acceptors (Lipinski definition) is 4. The molecule has 0 aliphatic rings. The first kappa shape index (κ1) is 15.3. The molecule has 112 valence electrons. The Morgan fingerprint density at radius 1 is 1.43 bits per heavy atom. The van der Waals surface area contributed by atoms with Crippen molar-refractivity contribution >= 4 is 16.7 Å². The fourth-order valence-corrected chi connectivity index (χ4v) is 2.12. The normalized spacial score (nSPS) is 12.1. The number of fused-ring (bicyclic) bond motifs is 1. The molecule has 0 aliphatic heterocycles. The molecule has 1 aromatic heterocycles. The van der Waals surface area contributed by atoms with Gasteiger partial charge in [-0.25, -0.2) is 4.98 Å². The Kier molecular flexibility index (Phi) is 5.11. The predicted octanol–water partition coefficient (Wildman–Crippen LogP) is 1.99. The molecule has 1 heterocycles. The number of aromatic nitrogens is 1. The maximum Gasteiger partial charge on any atom is 0.270 e. The molecular formula is C16H20N2O3. The van der Waals surface area contributed by atoms with E-state index in [0.29, 0.717) is 24.5 Å². The standard InChI is InChI=1S/C16H20N2O3/c1-11(7-8-19)10-17-15(20)14-9-12-5-3-4-6-13(12)16(18-14)21-2/h3-6,9,11,19H,7-8,10H2,1-2H3,(H,17,20). The topological polar surface area (TPSA) is 71.5 Å². The van der Waals surface area contributed by atoms with Crippen molar-refractivity contribution in [3.63, 3.8) is 0 Å². The number of pyridine rings is 1. The van der Waals surface area contributed by atoms with Gasteiger partial charge in [-0.05, 0) is 29.9 Å². The number of hydrogen-bond donors (Lipinski definition) is 2. The smallest absolute Gasteiger partial charge is 0.270 e. The summed E-state index contributed by atoms with van der Waals surface area (Å²) in [6.45, 7) is 2.61. The molecule has 0 fully saturated rings. The Hall–Kier alpha value is -2.14. The Balaban J connectivity index is 2.19. The van der Waals surface area contributed by atoms with E-state index in [4.69, 9.17) is 9.84 Å². The van der Waals surface area contributed by atoms with Crippen LogP contribution in [0.5, 0.6) is 5.88 Å². The highest BCUT2D eigenvalue weighted by Crippen LogP contribution is 2.24. The van der Waals surface area contributed by atoms with Crippen molar-refractivity contribution in [2.75, 3.05) is 20.3 Å². The summed E-state index contributed by atoms with van der Waals surface area (Å²) >= 11 is 0. The highest BCUT2D eigenvalue weighted by molar-refractivity contribution is 5.98. The molecule has 0 radical (unpaired) electrons. The second-order valence-corrected chi connectivity index (χ2v) is 5.07. The Labute approximate surface area is 124 Å². The van der Waals surface area contributed by atoms with Gasteiger partial charge in [0, 0.05) is 18.5 Å². The van der Waals surface area contributed by atoms with E-state index in [2.05, 4.69) is 10.3 Å². The van der Waals surface area contributed by atoms with Crippen LogP contribution in [0.1, 0.15) is 23.8 Å². The lowest BCUT2D eigenvalue weighted by atomic mass is 10.1. The third kappa shape index (κ3) is 3.70. The minimum absolute atomic E-state index is 0.124. The van der Waals surface area contributed by atoms with Gasteiger partial charge in [0.15, 0.2) is 0 Å². The third-order valence-electron chi connectivity index (χ3n) is 3.36. The number of ether oxygens (including phenoxy) is 1. The van der Waals surface area contributed by atoms with E-state index in [0.717, 1.165) is 10.8 Å². The van der Waals surface area contributed by atoms with E-state index in [1.54, 1.807) is 13.2 Å². The summed E-state index contributed by atoms with van der Waals surface area (Å²) in [7, 11) is 1.54. The molecule has 1 atom stereocenters. The number of carbonyl (C=O) groups is 1. The Bertz CT molecular complexity index is 628. The molecule has 2 aromatic rings. The lowest BCUT2D eigenvalue weighted by Gasteiger charge is -2.12. The van der Waals surface area contributed by atoms with E-state index in [-0.39, 0.29) is 18.4 Å². The highest BCUT2D eigenvalue weighted by atomic mass is 16.5. The molecule has 1 amide bonds. The fourth-order valence-electron chi connectivity index (χ4n) is 2.12. The zero-order chi connectivity index (χ0) is 15.2. The van der Waals surface area contributed by atoms with Crippen LogP contribution in [-0.4, -0.2) is 36.3 Å². The quantitative estimate of drug-likeness (QED) is 0.852. The van der Waals surface area contributed by atoms with Crippen LogP contribution in [0.2, 0.25) is 0 Å². The average Bonchev–Trinajstić information content (AvgIpc) is 2.51. The molecular weight excluding hydrogens is 268 g/mol. The van der Waals surface area contributed by atoms with Crippen molar-refractivity contribution in [3.8, 4) is 5.88 Å². The van der Waals surface area contributed by atoms with Crippen molar-refractivity contribution < 1.29 is 14.6 Å². The van der Waals surface area contributed by atoms with Crippen molar-refractivity contribution in [1.29, 1.82) is 0 Å². The van der Waals surface area contributed by atoms with Crippen molar-refractivity contribution in [1.82, 2.24) is 10.3 Å². The summed E-state index contributed by atoms with van der Waals surface area (Å²) < 4.78 is 5.26. The van der Waals surface area contributed by atoms with E-state index in [9.17, 15) is 4.79 Å². The van der Waals surface area contributed by atoms with Gasteiger partial charge in [-0.15, -0.1) is 0 Å². The van der Waals surface area contributed by atoms with E-state index < -0.39 is 0 Å². The van der Waals surface area contributed by atoms with Gasteiger partial charge in [0.1, 0.15) is 5.69 Å². The average molecular weight is 288 g/mol. The van der Waals surface area contributed by atoms with Crippen LogP contribution in [-0.2, 0) is 0 Å². The van der Waals surface area contributed by atoms with E-state index in [1.165, 1.54) is 0 Å². The number of amides is 1. The molecule has 2 N–H and O–H groups in total. The molecule has 1 aromatic carbocycles. The minimum atomic E-state index is -0.233. The number of nitrogens with zero attached hydrogens (tertiary/aromatic N) is 1. The Morgan fingerprint density at radius 2 is 2.19 bits per heavy atom. The second-order valence-electron chi connectivity index (χ2n) is 5.07. The molecule has 2 rings (SSSR count). The molecule has 1 unspecified atom stereocenters. The zero-order valence-corrected chi connectivity index (χ0v) is 12.3. The van der Waals surface area contributed by atoms with Crippen molar-refractivity contribution in [2.24, 2.45) is 5.92 Å². The van der Waals surface area contributed by atoms with Gasteiger partial charge in [-0.2, -0.15) is 0 Å². The molecule has 0 bridgehead atoms. The van der Waals surface area contributed by atoms with Crippen LogP contribution in [0.4, 0.5) is 0 Å². The summed E-state index contributed by atoms with van der Waals surface area (Å²) in [6, 6.07) is 9.40. The predicted molar refractivity (Wildman–Crippen MR) is 81.5 cm³/mol. The van der Waals surface area contributed by atoms with Gasteiger partial charge in [-0.3, -0.25) is 4.79 Å². The second kappa shape index (κ2) is 7.04. The summed E-state index contributed by atoms with van der Waals surface area (Å²) in [5, 5.41) is 13.5. The maximum absolute atomic E-state index is 12.2. The summed E-state index contributed by atoms with van der Waals surface area (Å²) in [5.41, 5.74) is 0.335. The molecule has 0 saturated heterocycles. The van der Waals surface area contributed by atoms with E-state index in [1.807, 2.05) is 31.2 Å². The number of nitrogens with one attached hydrogen (secondary N) is 1. The summed E-state index contributed by atoms with van der Waals surface area (Å²) in [5.74, 6) is 0.437. The minimum Gasteiger partial charge on any atom is -0.481 e. The fraction of sp³-hybridized carbons (Fsp3) is 0.375. The van der Waals surface area contributed by atoms with Gasteiger partial charge in [0.2, 0.25) is 5.88 Å². The summed E-state index contributed by atoms with van der Waals surface area (Å²) in [6.07, 6.45) is 0.661. The van der Waals surface area contributed by atoms with Crippen LogP contribution in [0.3, 0.4) is 0 Å². The lowest BCUT2D eigenvalue weighted by Crippen LogP contribution is -2.29. The van der Waals surface area contributed by atoms with Gasteiger partial charge in [0.05, 0.1) is 7.11 Å². The van der Waals surface area contributed by atoms with Gasteiger partial charge >= 0.3 is 0 Å². The van der Waals surface area contributed by atoms with Crippen molar-refractivity contribution in [3.05, 3.63) is 36.0 Å². The number of benzene rings is 1. The van der Waals surface area contributed by atoms with Gasteiger partial charge in [-0.1, -0.05) is 25.1 Å². The number of aliphatic hydroxyl groups is 1. The first-order chi connectivity index (χ1) is 10.2. The maximum atomic E-state index is 12.2. The summed E-state index contributed by atoms with van der Waals surface area (Å²) in [4.78, 5) is 16.4. The van der Waals surface area contributed by atoms with Crippen LogP contribution in [0, 0.1) is 5.92 Å². The highest BCUT2D eigenvalue weighted by Gasteiger charge is 2.13. The van der Waals surface area contributed by atoms with Crippen LogP contribution < -0.4 is 10.1 Å². The van der Waals surface area contributed by atoms with Gasteiger partial charge < -0.3 is 15.2 Å². The number of carbonyl (C=O) groups excluding carboxylic acids is 1. The number of aliphatic hydroxyl groups excluding tert-OH is 1. The first-order valence-electron chi connectivity index (χ1n) is 6.98.